The molecule has 22 heavy (non-hydrogen) atoms. The van der Waals surface area contributed by atoms with Gasteiger partial charge in [-0.25, -0.2) is 4.98 Å². The highest BCUT2D eigenvalue weighted by Crippen LogP contribution is 2.38. The maximum Gasteiger partial charge on any atom is 0.131 e. The highest BCUT2D eigenvalue weighted by Gasteiger charge is 2.18. The number of nitrogen functional groups attached to an aromatic ring is 2. The minimum absolute atomic E-state index is 0.206. The van der Waals surface area contributed by atoms with Gasteiger partial charge in [-0.1, -0.05) is 13.8 Å². The number of aromatic amines is 1. The van der Waals surface area contributed by atoms with Gasteiger partial charge in [-0.2, -0.15) is 5.10 Å². The Morgan fingerprint density at radius 3 is 2.59 bits per heavy atom. The normalized spacial score (nSPS) is 11.2. The van der Waals surface area contributed by atoms with Crippen LogP contribution in [0.25, 0.3) is 21.9 Å². The summed E-state index contributed by atoms with van der Waals surface area (Å²) in [7, 11) is 0. The smallest absolute Gasteiger partial charge is 0.131 e. The highest BCUT2D eigenvalue weighted by atomic mass is 15.1. The van der Waals surface area contributed by atoms with Crippen LogP contribution in [-0.2, 0) is 0 Å². The molecule has 2 aromatic heterocycles. The highest BCUT2D eigenvalue weighted by molar-refractivity contribution is 6.07. The Morgan fingerprint density at radius 1 is 1.23 bits per heavy atom. The molecule has 0 spiro atoms. The van der Waals surface area contributed by atoms with E-state index >= 15 is 0 Å². The molecule has 6 heteroatoms. The zero-order valence-electron chi connectivity index (χ0n) is 12.5. The SMILES string of the molecule is CC(C)c1nc(N)c2cc(N)c(C=N)cc2c1-c1cn[nH]c1. The number of aromatic nitrogens is 3. The van der Waals surface area contributed by atoms with E-state index in [-0.39, 0.29) is 5.92 Å². The molecule has 0 saturated carbocycles. The van der Waals surface area contributed by atoms with E-state index < -0.39 is 0 Å². The molecule has 6 N–H and O–H groups in total. The lowest BCUT2D eigenvalue weighted by molar-refractivity contribution is 0.831. The van der Waals surface area contributed by atoms with Crippen molar-refractivity contribution in [2.45, 2.75) is 19.8 Å². The van der Waals surface area contributed by atoms with E-state index in [1.54, 1.807) is 12.3 Å². The van der Waals surface area contributed by atoms with Crippen LogP contribution in [-0.4, -0.2) is 21.4 Å². The zero-order chi connectivity index (χ0) is 15.9. The molecule has 3 rings (SSSR count). The van der Waals surface area contributed by atoms with Crippen LogP contribution in [0, 0.1) is 5.41 Å². The summed E-state index contributed by atoms with van der Waals surface area (Å²) in [5, 5.41) is 16.1. The molecular weight excluding hydrogens is 276 g/mol. The molecule has 1 aromatic carbocycles. The second kappa shape index (κ2) is 5.14. The number of hydrogen-bond acceptors (Lipinski definition) is 5. The Labute approximate surface area is 128 Å². The Kier molecular flexibility index (Phi) is 3.29. The number of hydrogen-bond donors (Lipinski definition) is 4. The Bertz CT molecular complexity index is 849. The maximum atomic E-state index is 7.53. The number of pyridine rings is 1. The Morgan fingerprint density at radius 2 is 2.00 bits per heavy atom. The first-order chi connectivity index (χ1) is 10.5. The van der Waals surface area contributed by atoms with Gasteiger partial charge in [0, 0.05) is 40.2 Å². The molecule has 0 aliphatic rings. The fraction of sp³-hybridized carbons (Fsp3) is 0.188. The summed E-state index contributed by atoms with van der Waals surface area (Å²) in [6.07, 6.45) is 4.84. The predicted molar refractivity (Wildman–Crippen MR) is 90.1 cm³/mol. The quantitative estimate of drug-likeness (QED) is 0.438. The predicted octanol–water partition coefficient (Wildman–Crippen LogP) is 2.91. The number of nitrogens with two attached hydrogens (primary N) is 2. The van der Waals surface area contributed by atoms with Crippen molar-refractivity contribution in [1.29, 1.82) is 5.41 Å². The van der Waals surface area contributed by atoms with Crippen LogP contribution in [0.1, 0.15) is 31.0 Å². The van der Waals surface area contributed by atoms with E-state index in [9.17, 15) is 0 Å². The molecule has 0 amide bonds. The van der Waals surface area contributed by atoms with Gasteiger partial charge in [0.05, 0.1) is 11.9 Å². The molecule has 3 aromatic rings. The van der Waals surface area contributed by atoms with Crippen LogP contribution in [0.2, 0.25) is 0 Å². The van der Waals surface area contributed by atoms with Gasteiger partial charge in [-0.3, -0.25) is 5.10 Å². The van der Waals surface area contributed by atoms with Gasteiger partial charge in [-0.15, -0.1) is 0 Å². The molecule has 0 aliphatic heterocycles. The molecule has 0 unspecified atom stereocenters. The largest absolute Gasteiger partial charge is 0.398 e. The van der Waals surface area contributed by atoms with Gasteiger partial charge in [0.1, 0.15) is 5.82 Å². The molecule has 0 aliphatic carbocycles. The average Bonchev–Trinajstić information content (AvgIpc) is 3.00. The van der Waals surface area contributed by atoms with Crippen LogP contribution in [0.15, 0.2) is 24.5 Å². The summed E-state index contributed by atoms with van der Waals surface area (Å²) in [5.41, 5.74) is 16.1. The first kappa shape index (κ1) is 14.1. The second-order valence-electron chi connectivity index (χ2n) is 5.57. The lowest BCUT2D eigenvalue weighted by Crippen LogP contribution is -2.04. The van der Waals surface area contributed by atoms with Crippen LogP contribution >= 0.6 is 0 Å². The third-order valence-electron chi connectivity index (χ3n) is 3.75. The van der Waals surface area contributed by atoms with E-state index in [0.717, 1.165) is 27.6 Å². The summed E-state index contributed by atoms with van der Waals surface area (Å²) in [5.74, 6) is 0.659. The van der Waals surface area contributed by atoms with Crippen molar-refractivity contribution >= 4 is 28.5 Å². The lowest BCUT2D eigenvalue weighted by atomic mass is 9.92. The molecule has 0 radical (unpaired) electrons. The third-order valence-corrected chi connectivity index (χ3v) is 3.75. The molecule has 6 nitrogen and oxygen atoms in total. The van der Waals surface area contributed by atoms with Crippen molar-refractivity contribution in [3.8, 4) is 11.1 Å². The lowest BCUT2D eigenvalue weighted by Gasteiger charge is -2.16. The van der Waals surface area contributed by atoms with Crippen molar-refractivity contribution in [2.24, 2.45) is 0 Å². The number of benzene rings is 1. The van der Waals surface area contributed by atoms with Gasteiger partial charge in [0.25, 0.3) is 0 Å². The zero-order valence-corrected chi connectivity index (χ0v) is 12.5. The topological polar surface area (TPSA) is 117 Å². The van der Waals surface area contributed by atoms with Gasteiger partial charge in [-0.05, 0) is 23.4 Å². The first-order valence-electron chi connectivity index (χ1n) is 7.05. The number of rotatable bonds is 3. The fourth-order valence-corrected chi connectivity index (χ4v) is 2.67. The minimum atomic E-state index is 0.206. The van der Waals surface area contributed by atoms with Gasteiger partial charge >= 0.3 is 0 Å². The molecule has 112 valence electrons. The molecular formula is C16H18N6. The van der Waals surface area contributed by atoms with E-state index in [0.29, 0.717) is 17.1 Å². The van der Waals surface area contributed by atoms with Gasteiger partial charge < -0.3 is 16.9 Å². The van der Waals surface area contributed by atoms with E-state index in [4.69, 9.17) is 16.9 Å². The van der Waals surface area contributed by atoms with Crippen molar-refractivity contribution in [2.75, 3.05) is 11.5 Å². The maximum absolute atomic E-state index is 7.53. The number of nitrogens with one attached hydrogen (secondary N) is 2. The summed E-state index contributed by atoms with van der Waals surface area (Å²) in [4.78, 5) is 4.58. The van der Waals surface area contributed by atoms with Crippen molar-refractivity contribution < 1.29 is 0 Å². The minimum Gasteiger partial charge on any atom is -0.398 e. The van der Waals surface area contributed by atoms with Crippen LogP contribution in [0.4, 0.5) is 11.5 Å². The molecule has 0 fully saturated rings. The van der Waals surface area contributed by atoms with Crippen molar-refractivity contribution in [1.82, 2.24) is 15.2 Å². The molecule has 0 saturated heterocycles. The van der Waals surface area contributed by atoms with Crippen LogP contribution in [0.3, 0.4) is 0 Å². The van der Waals surface area contributed by atoms with E-state index in [2.05, 4.69) is 29.0 Å². The fourth-order valence-electron chi connectivity index (χ4n) is 2.67. The summed E-state index contributed by atoms with van der Waals surface area (Å²) in [6, 6.07) is 3.68. The Hall–Kier alpha value is -2.89. The first-order valence-corrected chi connectivity index (χ1v) is 7.05. The monoisotopic (exact) mass is 294 g/mol. The summed E-state index contributed by atoms with van der Waals surface area (Å²) >= 11 is 0. The van der Waals surface area contributed by atoms with Gasteiger partial charge in [0.15, 0.2) is 0 Å². The second-order valence-corrected chi connectivity index (χ2v) is 5.57. The van der Waals surface area contributed by atoms with E-state index in [1.807, 2.05) is 12.3 Å². The summed E-state index contributed by atoms with van der Waals surface area (Å²) < 4.78 is 0. The molecule has 2 heterocycles. The van der Waals surface area contributed by atoms with E-state index in [1.165, 1.54) is 6.21 Å². The standard InChI is InChI=1S/C16H18N6/c1-8(2)15-14(10-6-20-21-7-10)11-3-9(5-17)13(18)4-12(11)16(19)22-15/h3-8,17H,18H2,1-2H3,(H2,19,22)(H,20,21). The summed E-state index contributed by atoms with van der Waals surface area (Å²) in [6.45, 7) is 4.15. The molecule has 0 atom stereocenters. The number of nitrogens with zero attached hydrogens (tertiary/aromatic N) is 2. The Balaban J connectivity index is 2.49. The number of fused-ring (bicyclic) bond motifs is 1. The van der Waals surface area contributed by atoms with Crippen molar-refractivity contribution in [3.63, 3.8) is 0 Å². The van der Waals surface area contributed by atoms with Crippen molar-refractivity contribution in [3.05, 3.63) is 35.8 Å². The molecule has 0 bridgehead atoms. The number of anilines is 2. The number of H-pyrrole nitrogens is 1. The average molecular weight is 294 g/mol. The van der Waals surface area contributed by atoms with Crippen LogP contribution < -0.4 is 11.5 Å². The third kappa shape index (κ3) is 2.09. The van der Waals surface area contributed by atoms with Crippen LogP contribution in [0.5, 0.6) is 0 Å². The van der Waals surface area contributed by atoms with Gasteiger partial charge in [0.2, 0.25) is 0 Å².